The molecule has 0 aliphatic carbocycles. The van der Waals surface area contributed by atoms with Gasteiger partial charge in [-0.3, -0.25) is 9.59 Å². The highest BCUT2D eigenvalue weighted by Gasteiger charge is 2.32. The Morgan fingerprint density at radius 2 is 2.10 bits per heavy atom. The second-order valence-corrected chi connectivity index (χ2v) is 8.47. The highest BCUT2D eigenvalue weighted by Crippen LogP contribution is 2.32. The average molecular weight is 436 g/mol. The number of aromatic nitrogens is 5. The van der Waals surface area contributed by atoms with Gasteiger partial charge in [0.2, 0.25) is 5.82 Å². The molecule has 0 bridgehead atoms. The van der Waals surface area contributed by atoms with Crippen molar-refractivity contribution in [1.29, 1.82) is 0 Å². The van der Waals surface area contributed by atoms with E-state index in [2.05, 4.69) is 25.1 Å². The number of ketones is 1. The van der Waals surface area contributed by atoms with Crippen molar-refractivity contribution in [1.82, 2.24) is 25.1 Å². The maximum Gasteiger partial charge on any atom is 0.293 e. The maximum absolute atomic E-state index is 12.9. The molecule has 0 radical (unpaired) electrons. The monoisotopic (exact) mass is 436 g/mol. The van der Waals surface area contributed by atoms with Crippen LogP contribution in [-0.2, 0) is 11.2 Å². The molecule has 1 aliphatic rings. The molecule has 1 fully saturated rings. The van der Waals surface area contributed by atoms with Crippen molar-refractivity contribution in [2.24, 2.45) is 0 Å². The Bertz CT molecular complexity index is 1300. The number of aromatic amines is 1. The number of anilines is 1. The number of hydrogen-bond acceptors (Lipinski definition) is 9. The molecule has 0 amide bonds. The first-order valence-corrected chi connectivity index (χ1v) is 10.9. The van der Waals surface area contributed by atoms with Gasteiger partial charge in [-0.15, -0.1) is 0 Å². The third kappa shape index (κ3) is 3.86. The van der Waals surface area contributed by atoms with Gasteiger partial charge >= 0.3 is 0 Å². The van der Waals surface area contributed by atoms with E-state index >= 15 is 0 Å². The predicted octanol–water partition coefficient (Wildman–Crippen LogP) is 2.91. The van der Waals surface area contributed by atoms with Gasteiger partial charge in [-0.05, 0) is 31.7 Å². The minimum atomic E-state index is -0.371. The van der Waals surface area contributed by atoms with Crippen LogP contribution >= 0.6 is 11.3 Å². The summed E-state index contributed by atoms with van der Waals surface area (Å²) in [5.74, 6) is 1.02. The molecule has 0 unspecified atom stereocenters. The van der Waals surface area contributed by atoms with E-state index in [4.69, 9.17) is 4.52 Å². The summed E-state index contributed by atoms with van der Waals surface area (Å²) in [6.07, 6.45) is 2.90. The Labute approximate surface area is 181 Å². The molecule has 3 aromatic heterocycles. The van der Waals surface area contributed by atoms with Crippen molar-refractivity contribution in [3.05, 3.63) is 52.1 Å². The second kappa shape index (κ2) is 8.03. The zero-order valence-electron chi connectivity index (χ0n) is 16.9. The van der Waals surface area contributed by atoms with E-state index < -0.39 is 0 Å². The number of Topliss-reactive ketones (excluding diaryl/α,β-unsaturated/α-hetero) is 1. The first-order valence-electron chi connectivity index (χ1n) is 10.1. The zero-order chi connectivity index (χ0) is 21.4. The molecular formula is C21H20N6O3S. The molecule has 158 valence electrons. The van der Waals surface area contributed by atoms with Crippen LogP contribution in [0.4, 0.5) is 5.13 Å². The van der Waals surface area contributed by atoms with Crippen LogP contribution < -0.4 is 10.5 Å². The standard InChI is InChI=1S/C21H20N6O3S/c1-12-22-19(30-26-12)17-24-18(29)16-20(25-17)31-21(23-16)27-11-5-8-14(27)15(28)10-9-13-6-3-2-4-7-13/h2-4,6-7,14H,5,8-11H2,1H3,(H,24,25,29)/t14-/m1/s1. The van der Waals surface area contributed by atoms with E-state index in [1.807, 2.05) is 35.2 Å². The smallest absolute Gasteiger partial charge is 0.293 e. The number of hydrogen-bond donors (Lipinski definition) is 1. The Kier molecular flexibility index (Phi) is 5.06. The molecule has 4 heterocycles. The lowest BCUT2D eigenvalue weighted by atomic mass is 10.0. The van der Waals surface area contributed by atoms with Gasteiger partial charge in [-0.1, -0.05) is 46.8 Å². The van der Waals surface area contributed by atoms with Crippen molar-refractivity contribution >= 4 is 32.6 Å². The first kappa shape index (κ1) is 19.6. The van der Waals surface area contributed by atoms with E-state index in [0.717, 1.165) is 31.4 Å². The third-order valence-corrected chi connectivity index (χ3v) is 6.35. The molecule has 4 aromatic rings. The molecule has 1 atom stereocenters. The van der Waals surface area contributed by atoms with Crippen molar-refractivity contribution in [3.8, 4) is 11.7 Å². The number of nitrogens with one attached hydrogen (secondary N) is 1. The maximum atomic E-state index is 12.9. The van der Waals surface area contributed by atoms with E-state index in [1.165, 1.54) is 11.3 Å². The van der Waals surface area contributed by atoms with E-state index in [9.17, 15) is 9.59 Å². The number of carbonyl (C=O) groups is 1. The summed E-state index contributed by atoms with van der Waals surface area (Å²) in [5.41, 5.74) is 1.03. The van der Waals surface area contributed by atoms with Crippen molar-refractivity contribution in [3.63, 3.8) is 0 Å². The number of H-pyrrole nitrogens is 1. The van der Waals surface area contributed by atoms with Crippen LogP contribution in [0.15, 0.2) is 39.6 Å². The van der Waals surface area contributed by atoms with Crippen molar-refractivity contribution < 1.29 is 9.32 Å². The Balaban J connectivity index is 1.39. The van der Waals surface area contributed by atoms with Gasteiger partial charge in [-0.2, -0.15) is 4.98 Å². The fourth-order valence-corrected chi connectivity index (χ4v) is 4.87. The van der Waals surface area contributed by atoms with Crippen molar-refractivity contribution in [2.45, 2.75) is 38.6 Å². The first-order chi connectivity index (χ1) is 15.1. The number of benzene rings is 1. The normalized spacial score (nSPS) is 16.3. The lowest BCUT2D eigenvalue weighted by Crippen LogP contribution is -2.36. The van der Waals surface area contributed by atoms with Crippen LogP contribution in [-0.4, -0.2) is 43.5 Å². The summed E-state index contributed by atoms with van der Waals surface area (Å²) >= 11 is 1.30. The molecule has 1 aromatic carbocycles. The molecule has 1 N–H and O–H groups in total. The van der Waals surface area contributed by atoms with Crippen LogP contribution in [0, 0.1) is 6.92 Å². The summed E-state index contributed by atoms with van der Waals surface area (Å²) in [7, 11) is 0. The molecular weight excluding hydrogens is 416 g/mol. The topological polar surface area (TPSA) is 118 Å². The molecule has 9 nitrogen and oxygen atoms in total. The number of fused-ring (bicyclic) bond motifs is 1. The highest BCUT2D eigenvalue weighted by molar-refractivity contribution is 7.21. The van der Waals surface area contributed by atoms with Gasteiger partial charge in [-0.25, -0.2) is 9.97 Å². The average Bonchev–Trinajstić information content (AvgIpc) is 3.51. The SMILES string of the molecule is Cc1noc(-c2nc3sc(N4CCC[C@@H]4C(=O)CCc4ccccc4)nc3c(=O)[nH]2)n1. The summed E-state index contributed by atoms with van der Waals surface area (Å²) in [6, 6.07) is 9.79. The molecule has 1 saturated heterocycles. The molecule has 5 rings (SSSR count). The summed E-state index contributed by atoms with van der Waals surface area (Å²) < 4.78 is 5.11. The van der Waals surface area contributed by atoms with Gasteiger partial charge in [0.25, 0.3) is 11.4 Å². The number of thiazole rings is 1. The molecule has 0 spiro atoms. The zero-order valence-corrected chi connectivity index (χ0v) is 17.7. The number of aryl methyl sites for hydroxylation is 2. The second-order valence-electron chi connectivity index (χ2n) is 7.51. The minimum Gasteiger partial charge on any atom is -0.338 e. The van der Waals surface area contributed by atoms with Gasteiger partial charge in [0.15, 0.2) is 27.1 Å². The van der Waals surface area contributed by atoms with Crippen LogP contribution in [0.2, 0.25) is 0 Å². The summed E-state index contributed by atoms with van der Waals surface area (Å²) in [4.78, 5) is 43.7. The quantitative estimate of drug-likeness (QED) is 0.490. The lowest BCUT2D eigenvalue weighted by molar-refractivity contribution is -0.120. The van der Waals surface area contributed by atoms with Crippen LogP contribution in [0.3, 0.4) is 0 Å². The fraction of sp³-hybridized carbons (Fsp3) is 0.333. The number of rotatable bonds is 6. The Morgan fingerprint density at radius 3 is 2.87 bits per heavy atom. The third-order valence-electron chi connectivity index (χ3n) is 5.36. The fourth-order valence-electron chi connectivity index (χ4n) is 3.85. The molecule has 1 aliphatic heterocycles. The highest BCUT2D eigenvalue weighted by atomic mass is 32.1. The van der Waals surface area contributed by atoms with Crippen LogP contribution in [0.25, 0.3) is 22.1 Å². The van der Waals surface area contributed by atoms with Crippen LogP contribution in [0.5, 0.6) is 0 Å². The predicted molar refractivity (Wildman–Crippen MR) is 116 cm³/mol. The Morgan fingerprint density at radius 1 is 1.26 bits per heavy atom. The van der Waals surface area contributed by atoms with E-state index in [0.29, 0.717) is 22.2 Å². The van der Waals surface area contributed by atoms with Gasteiger partial charge in [0.05, 0.1) is 6.04 Å². The van der Waals surface area contributed by atoms with E-state index in [1.54, 1.807) is 6.92 Å². The molecule has 0 saturated carbocycles. The summed E-state index contributed by atoms with van der Waals surface area (Å²) in [6.45, 7) is 2.42. The van der Waals surface area contributed by atoms with Gasteiger partial charge in [0, 0.05) is 13.0 Å². The van der Waals surface area contributed by atoms with E-state index in [-0.39, 0.29) is 34.6 Å². The van der Waals surface area contributed by atoms with Crippen molar-refractivity contribution in [2.75, 3.05) is 11.4 Å². The number of nitrogens with zero attached hydrogens (tertiary/aromatic N) is 5. The minimum absolute atomic E-state index is 0.154. The lowest BCUT2D eigenvalue weighted by Gasteiger charge is -2.22. The van der Waals surface area contributed by atoms with Gasteiger partial charge < -0.3 is 14.4 Å². The van der Waals surface area contributed by atoms with Gasteiger partial charge in [0.1, 0.15) is 0 Å². The number of carbonyl (C=O) groups excluding carboxylic acids is 1. The molecule has 31 heavy (non-hydrogen) atoms. The summed E-state index contributed by atoms with van der Waals surface area (Å²) in [5, 5.41) is 4.37. The Hall–Kier alpha value is -3.40. The largest absolute Gasteiger partial charge is 0.338 e. The molecule has 10 heteroatoms. The van der Waals surface area contributed by atoms with Crippen LogP contribution in [0.1, 0.15) is 30.7 Å².